The summed E-state index contributed by atoms with van der Waals surface area (Å²) < 4.78 is 1.39. The Bertz CT molecular complexity index is 1330. The summed E-state index contributed by atoms with van der Waals surface area (Å²) in [6.07, 6.45) is 5.83. The average molecular weight is 514 g/mol. The van der Waals surface area contributed by atoms with E-state index in [2.05, 4.69) is 27.0 Å². The van der Waals surface area contributed by atoms with Gasteiger partial charge < -0.3 is 5.11 Å². The zero-order valence-electron chi connectivity index (χ0n) is 16.2. The van der Waals surface area contributed by atoms with Gasteiger partial charge in [0.1, 0.15) is 15.8 Å². The highest BCUT2D eigenvalue weighted by Crippen LogP contribution is 2.47. The van der Waals surface area contributed by atoms with Crippen LogP contribution in [-0.4, -0.2) is 21.2 Å². The predicted octanol–water partition coefficient (Wildman–Crippen LogP) is 7.03. The number of halogens is 1. The van der Waals surface area contributed by atoms with Gasteiger partial charge in [0.25, 0.3) is 5.69 Å². The largest absolute Gasteiger partial charge is 0.506 e. The van der Waals surface area contributed by atoms with Crippen molar-refractivity contribution in [3.05, 3.63) is 67.0 Å². The zero-order chi connectivity index (χ0) is 21.5. The number of nitrogens with zero attached hydrogens (tertiary/aromatic N) is 3. The van der Waals surface area contributed by atoms with Crippen LogP contribution in [0.4, 0.5) is 10.7 Å². The van der Waals surface area contributed by atoms with Gasteiger partial charge in [-0.05, 0) is 59.3 Å². The number of nitro groups is 1. The summed E-state index contributed by atoms with van der Waals surface area (Å²) in [5.74, 6) is -0.0720. The molecular formula is C22H16BrN3O3S2. The molecule has 0 aliphatic heterocycles. The van der Waals surface area contributed by atoms with Crippen molar-refractivity contribution in [1.29, 1.82) is 0 Å². The van der Waals surface area contributed by atoms with Crippen LogP contribution in [-0.2, 0) is 12.8 Å². The van der Waals surface area contributed by atoms with Gasteiger partial charge in [-0.2, -0.15) is 0 Å². The van der Waals surface area contributed by atoms with Crippen LogP contribution in [0.5, 0.6) is 5.75 Å². The summed E-state index contributed by atoms with van der Waals surface area (Å²) in [6, 6.07) is 10.7. The number of hydrogen-bond acceptors (Lipinski definition) is 7. The van der Waals surface area contributed by atoms with Crippen LogP contribution in [0, 0.1) is 10.1 Å². The third-order valence-electron chi connectivity index (χ3n) is 5.27. The van der Waals surface area contributed by atoms with Crippen molar-refractivity contribution in [2.45, 2.75) is 25.7 Å². The fourth-order valence-corrected chi connectivity index (χ4v) is 6.58. The van der Waals surface area contributed by atoms with Gasteiger partial charge in [0.05, 0.1) is 25.2 Å². The number of phenolic OH excluding ortho intramolecular Hbond substituents is 1. The molecular weight excluding hydrogens is 498 g/mol. The zero-order valence-corrected chi connectivity index (χ0v) is 19.4. The lowest BCUT2D eigenvalue weighted by atomic mass is 9.96. The molecule has 4 aromatic rings. The Balaban J connectivity index is 1.63. The maximum atomic E-state index is 11.2. The molecule has 9 heteroatoms. The van der Waals surface area contributed by atoms with Crippen molar-refractivity contribution in [3.63, 3.8) is 0 Å². The Morgan fingerprint density at radius 3 is 2.81 bits per heavy atom. The molecule has 0 saturated heterocycles. The normalized spacial score (nSPS) is 13.7. The first-order valence-electron chi connectivity index (χ1n) is 9.72. The molecule has 0 bridgehead atoms. The molecule has 156 valence electrons. The molecule has 6 nitrogen and oxygen atoms in total. The van der Waals surface area contributed by atoms with Crippen LogP contribution in [0.3, 0.4) is 0 Å². The quantitative estimate of drug-likeness (QED) is 0.180. The number of aromatic nitrogens is 1. The average Bonchev–Trinajstić information content (AvgIpc) is 3.35. The Hall–Kier alpha value is -2.62. The second-order valence-corrected chi connectivity index (χ2v) is 10.2. The Labute approximate surface area is 194 Å². The summed E-state index contributed by atoms with van der Waals surface area (Å²) in [4.78, 5) is 21.6. The Morgan fingerprint density at radius 1 is 1.19 bits per heavy atom. The number of aryl methyl sites for hydroxylation is 1. The third-order valence-corrected chi connectivity index (χ3v) is 8.13. The molecule has 0 unspecified atom stereocenters. The molecule has 31 heavy (non-hydrogen) atoms. The highest BCUT2D eigenvalue weighted by atomic mass is 79.9. The van der Waals surface area contributed by atoms with Gasteiger partial charge in [0.2, 0.25) is 0 Å². The van der Waals surface area contributed by atoms with Crippen LogP contribution < -0.4 is 0 Å². The number of aromatic hydroxyl groups is 1. The number of para-hydroxylation sites is 1. The van der Waals surface area contributed by atoms with Gasteiger partial charge in [-0.25, -0.2) is 9.98 Å². The number of thiophene rings is 1. The molecule has 1 aliphatic rings. The summed E-state index contributed by atoms with van der Waals surface area (Å²) in [7, 11) is 0. The topological polar surface area (TPSA) is 88.6 Å². The van der Waals surface area contributed by atoms with Crippen molar-refractivity contribution >= 4 is 65.7 Å². The predicted molar refractivity (Wildman–Crippen MR) is 129 cm³/mol. The van der Waals surface area contributed by atoms with E-state index in [1.807, 2.05) is 18.2 Å². The molecule has 0 radical (unpaired) electrons. The maximum Gasteiger partial charge on any atom is 0.271 e. The molecule has 0 spiro atoms. The highest BCUT2D eigenvalue weighted by molar-refractivity contribution is 9.10. The molecule has 0 atom stereocenters. The van der Waals surface area contributed by atoms with E-state index >= 15 is 0 Å². The van der Waals surface area contributed by atoms with Crippen LogP contribution in [0.15, 0.2) is 45.9 Å². The first-order valence-corrected chi connectivity index (χ1v) is 12.2. The van der Waals surface area contributed by atoms with Crippen LogP contribution in [0.2, 0.25) is 0 Å². The lowest BCUT2D eigenvalue weighted by Crippen LogP contribution is -1.99. The second kappa shape index (κ2) is 8.14. The number of aliphatic imine (C=N–C) groups is 1. The van der Waals surface area contributed by atoms with E-state index in [4.69, 9.17) is 4.98 Å². The van der Waals surface area contributed by atoms with Crippen molar-refractivity contribution in [3.8, 4) is 16.3 Å². The summed E-state index contributed by atoms with van der Waals surface area (Å²) in [5, 5.41) is 23.3. The third kappa shape index (κ3) is 3.77. The summed E-state index contributed by atoms with van der Waals surface area (Å²) >= 11 is 6.49. The number of rotatable bonds is 4. The van der Waals surface area contributed by atoms with Crippen LogP contribution >= 0.6 is 38.6 Å². The SMILES string of the molecule is O=[N+]([O-])c1cc(Br)c(O)c(C=Nc2sc3c(c2-c2nc4ccccc4s2)CCCC3)c1. The maximum absolute atomic E-state index is 11.2. The van der Waals surface area contributed by atoms with Gasteiger partial charge in [0, 0.05) is 28.8 Å². The monoisotopic (exact) mass is 513 g/mol. The first kappa shape index (κ1) is 20.3. The molecule has 5 rings (SSSR count). The Kier molecular flexibility index (Phi) is 5.33. The smallest absolute Gasteiger partial charge is 0.271 e. The molecule has 0 fully saturated rings. The minimum Gasteiger partial charge on any atom is -0.506 e. The van der Waals surface area contributed by atoms with Crippen molar-refractivity contribution < 1.29 is 10.0 Å². The standard InChI is InChI=1S/C22H16BrN3O3S2/c23-15-10-13(26(28)29)9-12(20(15)27)11-24-21-19(14-5-1-3-7-17(14)30-21)22-25-16-6-2-4-8-18(16)31-22/h2,4,6,8-11,27H,1,3,5,7H2. The fraction of sp³-hybridized carbons (Fsp3) is 0.182. The van der Waals surface area contributed by atoms with Gasteiger partial charge in [-0.3, -0.25) is 10.1 Å². The number of phenols is 1. The molecule has 0 amide bonds. The molecule has 1 N–H and O–H groups in total. The van der Waals surface area contributed by atoms with Crippen LogP contribution in [0.1, 0.15) is 28.8 Å². The van der Waals surface area contributed by atoms with Gasteiger partial charge in [-0.1, -0.05) is 12.1 Å². The number of thiazole rings is 1. The number of nitro benzene ring substituents is 1. The minimum absolute atomic E-state index is 0.0720. The minimum atomic E-state index is -0.488. The van der Waals surface area contributed by atoms with Gasteiger partial charge in [-0.15, -0.1) is 22.7 Å². The second-order valence-electron chi connectivity index (χ2n) is 7.26. The van der Waals surface area contributed by atoms with Crippen LogP contribution in [0.25, 0.3) is 20.8 Å². The van der Waals surface area contributed by atoms with E-state index in [9.17, 15) is 15.2 Å². The van der Waals surface area contributed by atoms with Gasteiger partial charge >= 0.3 is 0 Å². The molecule has 2 heterocycles. The van der Waals surface area contributed by atoms with E-state index in [1.165, 1.54) is 28.8 Å². The number of benzene rings is 2. The van der Waals surface area contributed by atoms with Crippen molar-refractivity contribution in [2.24, 2.45) is 4.99 Å². The fourth-order valence-electron chi connectivity index (χ4n) is 3.78. The molecule has 2 aromatic heterocycles. The van der Waals surface area contributed by atoms with E-state index in [1.54, 1.807) is 22.7 Å². The Morgan fingerprint density at radius 2 is 2.00 bits per heavy atom. The van der Waals surface area contributed by atoms with E-state index in [0.717, 1.165) is 51.5 Å². The lowest BCUT2D eigenvalue weighted by molar-refractivity contribution is -0.385. The number of non-ortho nitro benzene ring substituents is 1. The number of hydrogen-bond donors (Lipinski definition) is 1. The lowest BCUT2D eigenvalue weighted by Gasteiger charge is -2.11. The van der Waals surface area contributed by atoms with Crippen molar-refractivity contribution in [1.82, 2.24) is 4.98 Å². The van der Waals surface area contributed by atoms with Crippen molar-refractivity contribution in [2.75, 3.05) is 0 Å². The van der Waals surface area contributed by atoms with E-state index < -0.39 is 4.92 Å². The molecule has 2 aromatic carbocycles. The van der Waals surface area contributed by atoms with Gasteiger partial charge in [0.15, 0.2) is 0 Å². The molecule has 1 aliphatic carbocycles. The molecule has 0 saturated carbocycles. The summed E-state index contributed by atoms with van der Waals surface area (Å²) in [5.41, 5.74) is 3.52. The summed E-state index contributed by atoms with van der Waals surface area (Å²) in [6.45, 7) is 0. The van der Waals surface area contributed by atoms with E-state index in [0.29, 0.717) is 5.56 Å². The number of fused-ring (bicyclic) bond motifs is 2. The first-order chi connectivity index (χ1) is 15.0. The highest BCUT2D eigenvalue weighted by Gasteiger charge is 2.24. The van der Waals surface area contributed by atoms with E-state index in [-0.39, 0.29) is 15.9 Å².